The largest absolute Gasteiger partial charge is 0.339 e. The predicted molar refractivity (Wildman–Crippen MR) is 93.3 cm³/mol. The van der Waals surface area contributed by atoms with Gasteiger partial charge < -0.3 is 4.90 Å². The Labute approximate surface area is 147 Å². The Balaban J connectivity index is 1.53. The molecule has 1 aromatic rings. The van der Waals surface area contributed by atoms with Crippen molar-refractivity contribution in [1.82, 2.24) is 4.90 Å². The van der Waals surface area contributed by atoms with E-state index in [-0.39, 0.29) is 11.3 Å². The Morgan fingerprint density at radius 3 is 2.48 bits per heavy atom. The quantitative estimate of drug-likeness (QED) is 0.725. The van der Waals surface area contributed by atoms with Crippen LogP contribution in [0.2, 0.25) is 0 Å². The number of allylic oxidation sites excluding steroid dienone is 1. The molecule has 0 aromatic heterocycles. The van der Waals surface area contributed by atoms with Gasteiger partial charge in [0.05, 0.1) is 0 Å². The number of carbonyl (C=O) groups excluding carboxylic acids is 1. The molecule has 1 fully saturated rings. The van der Waals surface area contributed by atoms with Crippen LogP contribution in [0.4, 0.5) is 8.78 Å². The fourth-order valence-corrected chi connectivity index (χ4v) is 5.09. The minimum atomic E-state index is -0.486. The molecule has 1 saturated heterocycles. The average molecular weight is 345 g/mol. The van der Waals surface area contributed by atoms with Gasteiger partial charge in [0.1, 0.15) is 11.6 Å². The molecule has 25 heavy (non-hydrogen) atoms. The molecule has 2 nitrogen and oxygen atoms in total. The smallest absolute Gasteiger partial charge is 0.249 e. The Kier molecular flexibility index (Phi) is 4.17. The monoisotopic (exact) mass is 345 g/mol. The second kappa shape index (κ2) is 6.22. The Morgan fingerprint density at radius 2 is 1.76 bits per heavy atom. The zero-order valence-electron chi connectivity index (χ0n) is 14.8. The van der Waals surface area contributed by atoms with Gasteiger partial charge in [-0.2, -0.15) is 0 Å². The van der Waals surface area contributed by atoms with Crippen LogP contribution in [0.15, 0.2) is 23.3 Å². The summed E-state index contributed by atoms with van der Waals surface area (Å²) >= 11 is 0. The third-order valence-corrected chi connectivity index (χ3v) is 6.55. The van der Waals surface area contributed by atoms with Crippen molar-refractivity contribution in [2.75, 3.05) is 13.1 Å². The Morgan fingerprint density at radius 1 is 1.04 bits per heavy atom. The van der Waals surface area contributed by atoms with Crippen molar-refractivity contribution in [2.24, 2.45) is 0 Å². The molecular formula is C21H25F2NO. The summed E-state index contributed by atoms with van der Waals surface area (Å²) in [6.07, 6.45) is 7.36. The highest BCUT2D eigenvalue weighted by molar-refractivity contribution is 5.94. The minimum Gasteiger partial charge on any atom is -0.339 e. The van der Waals surface area contributed by atoms with E-state index in [0.29, 0.717) is 18.7 Å². The predicted octanol–water partition coefficient (Wildman–Crippen LogP) is 4.66. The summed E-state index contributed by atoms with van der Waals surface area (Å²) in [6.45, 7) is 3.42. The average Bonchev–Trinajstić information content (AvgIpc) is 2.94. The highest BCUT2D eigenvalue weighted by Crippen LogP contribution is 2.47. The fraction of sp³-hybridized carbons (Fsp3) is 0.571. The van der Waals surface area contributed by atoms with Gasteiger partial charge >= 0.3 is 0 Å². The summed E-state index contributed by atoms with van der Waals surface area (Å²) < 4.78 is 27.9. The van der Waals surface area contributed by atoms with Gasteiger partial charge in [-0.1, -0.05) is 5.57 Å². The van der Waals surface area contributed by atoms with Crippen LogP contribution in [0, 0.1) is 11.6 Å². The zero-order valence-corrected chi connectivity index (χ0v) is 14.8. The van der Waals surface area contributed by atoms with Crippen molar-refractivity contribution in [3.05, 3.63) is 46.0 Å². The van der Waals surface area contributed by atoms with Crippen LogP contribution >= 0.6 is 0 Å². The molecule has 0 N–H and O–H groups in total. The molecule has 134 valence electrons. The molecule has 2 aliphatic carbocycles. The zero-order chi connectivity index (χ0) is 17.6. The minimum absolute atomic E-state index is 0.185. The number of hydrogen-bond donors (Lipinski definition) is 0. The summed E-state index contributed by atoms with van der Waals surface area (Å²) in [5, 5.41) is 0. The van der Waals surface area contributed by atoms with Gasteiger partial charge in [0.2, 0.25) is 5.91 Å². The second-order valence-electron chi connectivity index (χ2n) is 7.96. The van der Waals surface area contributed by atoms with Crippen LogP contribution in [0.5, 0.6) is 0 Å². The fourth-order valence-electron chi connectivity index (χ4n) is 5.09. The number of amides is 1. The number of carbonyl (C=O) groups is 1. The molecule has 1 aliphatic heterocycles. The number of rotatable bonds is 1. The van der Waals surface area contributed by atoms with Crippen molar-refractivity contribution >= 4 is 5.91 Å². The molecule has 0 bridgehead atoms. The van der Waals surface area contributed by atoms with Crippen molar-refractivity contribution in [2.45, 2.75) is 63.7 Å². The van der Waals surface area contributed by atoms with Crippen LogP contribution in [0.25, 0.3) is 0 Å². The van der Waals surface area contributed by atoms with E-state index >= 15 is 0 Å². The molecule has 4 heteroatoms. The summed E-state index contributed by atoms with van der Waals surface area (Å²) in [6, 6.07) is 2.50. The maximum Gasteiger partial charge on any atom is 0.249 e. The maximum absolute atomic E-state index is 14.5. The van der Waals surface area contributed by atoms with Crippen molar-refractivity contribution in [1.29, 1.82) is 0 Å². The lowest BCUT2D eigenvalue weighted by Crippen LogP contribution is -2.45. The third kappa shape index (κ3) is 2.80. The number of hydrogen-bond acceptors (Lipinski definition) is 1. The number of nitrogens with zero attached hydrogens (tertiary/aromatic N) is 1. The lowest BCUT2D eigenvalue weighted by atomic mass is 9.73. The van der Waals surface area contributed by atoms with Gasteiger partial charge in [-0.25, -0.2) is 8.78 Å². The summed E-state index contributed by atoms with van der Waals surface area (Å²) in [5.74, 6) is -0.705. The molecule has 1 aromatic carbocycles. The SMILES string of the molecule is CC1=C(C(=O)N2CCC3(CCc4cc(F)cc(F)c43)CC2)CCCC1. The van der Waals surface area contributed by atoms with E-state index in [0.717, 1.165) is 62.1 Å². The molecule has 0 radical (unpaired) electrons. The number of aryl methyl sites for hydroxylation is 1. The van der Waals surface area contributed by atoms with Gasteiger partial charge in [-0.15, -0.1) is 0 Å². The van der Waals surface area contributed by atoms with Gasteiger partial charge in [-0.05, 0) is 75.5 Å². The standard InChI is InChI=1S/C21H25F2NO/c1-14-4-2-3-5-17(14)20(25)24-10-8-21(9-11-24)7-6-15-12-16(22)13-18(23)19(15)21/h12-13H,2-11H2,1H3. The first kappa shape index (κ1) is 16.7. The number of piperidine rings is 1. The number of fused-ring (bicyclic) bond motifs is 2. The molecule has 1 heterocycles. The van der Waals surface area contributed by atoms with Crippen LogP contribution in [0.3, 0.4) is 0 Å². The second-order valence-corrected chi connectivity index (χ2v) is 7.96. The van der Waals surface area contributed by atoms with E-state index in [1.165, 1.54) is 18.1 Å². The van der Waals surface area contributed by atoms with Crippen molar-refractivity contribution in [3.8, 4) is 0 Å². The summed E-state index contributed by atoms with van der Waals surface area (Å²) in [5.41, 5.74) is 3.57. The van der Waals surface area contributed by atoms with Crippen LogP contribution in [0.1, 0.15) is 63.0 Å². The maximum atomic E-state index is 14.5. The first-order valence-electron chi connectivity index (χ1n) is 9.46. The Bertz CT molecular complexity index is 745. The first-order chi connectivity index (χ1) is 12.0. The molecule has 0 atom stereocenters. The summed E-state index contributed by atoms with van der Waals surface area (Å²) in [4.78, 5) is 14.8. The van der Waals surface area contributed by atoms with Crippen LogP contribution in [-0.2, 0) is 16.6 Å². The van der Waals surface area contributed by atoms with E-state index in [9.17, 15) is 13.6 Å². The van der Waals surface area contributed by atoms with Crippen LogP contribution in [-0.4, -0.2) is 23.9 Å². The van der Waals surface area contributed by atoms with Gasteiger partial charge in [0.25, 0.3) is 0 Å². The van der Waals surface area contributed by atoms with E-state index < -0.39 is 11.6 Å². The molecule has 1 amide bonds. The Hall–Kier alpha value is -1.71. The van der Waals surface area contributed by atoms with Gasteiger partial charge in [0.15, 0.2) is 0 Å². The molecular weight excluding hydrogens is 320 g/mol. The molecule has 4 rings (SSSR count). The van der Waals surface area contributed by atoms with E-state index in [1.54, 1.807) is 0 Å². The van der Waals surface area contributed by atoms with E-state index in [4.69, 9.17) is 0 Å². The highest BCUT2D eigenvalue weighted by atomic mass is 19.1. The molecule has 3 aliphatic rings. The van der Waals surface area contributed by atoms with Gasteiger partial charge in [-0.3, -0.25) is 4.79 Å². The third-order valence-electron chi connectivity index (χ3n) is 6.55. The number of likely N-dealkylation sites (tertiary alicyclic amines) is 1. The van der Waals surface area contributed by atoms with Crippen molar-refractivity contribution in [3.63, 3.8) is 0 Å². The molecule has 1 spiro atoms. The lowest BCUT2D eigenvalue weighted by molar-refractivity contribution is -0.129. The molecule has 0 unspecified atom stereocenters. The molecule has 0 saturated carbocycles. The topological polar surface area (TPSA) is 20.3 Å². The lowest BCUT2D eigenvalue weighted by Gasteiger charge is -2.41. The van der Waals surface area contributed by atoms with Crippen LogP contribution < -0.4 is 0 Å². The number of benzene rings is 1. The highest BCUT2D eigenvalue weighted by Gasteiger charge is 2.44. The summed E-state index contributed by atoms with van der Waals surface area (Å²) in [7, 11) is 0. The normalized spacial score (nSPS) is 22.4. The van der Waals surface area contributed by atoms with Crippen molar-refractivity contribution < 1.29 is 13.6 Å². The first-order valence-corrected chi connectivity index (χ1v) is 9.46. The number of halogens is 2. The van der Waals surface area contributed by atoms with E-state index in [2.05, 4.69) is 6.92 Å². The van der Waals surface area contributed by atoms with E-state index in [1.807, 2.05) is 4.90 Å². The van der Waals surface area contributed by atoms with Gasteiger partial charge in [0, 0.05) is 30.1 Å².